The lowest BCUT2D eigenvalue weighted by Gasteiger charge is -2.52. The van der Waals surface area contributed by atoms with Crippen molar-refractivity contribution in [3.63, 3.8) is 0 Å². The van der Waals surface area contributed by atoms with Crippen molar-refractivity contribution in [3.05, 3.63) is 48.1 Å². The van der Waals surface area contributed by atoms with Crippen LogP contribution < -0.4 is 4.74 Å². The second-order valence-corrected chi connectivity index (χ2v) is 13.8. The Morgan fingerprint density at radius 2 is 1.42 bits per heavy atom. The van der Waals surface area contributed by atoms with E-state index in [1.807, 2.05) is 0 Å². The summed E-state index contributed by atoms with van der Waals surface area (Å²) in [6.07, 6.45) is 22.4. The van der Waals surface area contributed by atoms with E-state index in [1.54, 1.807) is 0 Å². The number of hydrogen-bond acceptors (Lipinski definition) is 2. The maximum atomic E-state index is 7.23. The summed E-state index contributed by atoms with van der Waals surface area (Å²) in [7, 11) is -0.325. The number of hydrogen-bond donors (Lipinski definition) is 0. The van der Waals surface area contributed by atoms with E-state index < -0.39 is 0 Å². The molecule has 33 heavy (non-hydrogen) atoms. The molecule has 0 heterocycles. The highest BCUT2D eigenvalue weighted by molar-refractivity contribution is 7.61. The first-order valence-electron chi connectivity index (χ1n) is 13.6. The van der Waals surface area contributed by atoms with E-state index in [4.69, 9.17) is 9.47 Å². The molecule has 2 nitrogen and oxygen atoms in total. The van der Waals surface area contributed by atoms with Gasteiger partial charge < -0.3 is 9.47 Å². The van der Waals surface area contributed by atoms with Gasteiger partial charge >= 0.3 is 0 Å². The van der Waals surface area contributed by atoms with Crippen LogP contribution in [0.25, 0.3) is 5.57 Å². The van der Waals surface area contributed by atoms with Crippen molar-refractivity contribution in [2.75, 3.05) is 0 Å². The summed E-state index contributed by atoms with van der Waals surface area (Å²) in [4.78, 5) is 0. The highest BCUT2D eigenvalue weighted by Crippen LogP contribution is 2.70. The topological polar surface area (TPSA) is 18.5 Å². The summed E-state index contributed by atoms with van der Waals surface area (Å²) >= 11 is 0. The minimum atomic E-state index is -0.325. The van der Waals surface area contributed by atoms with Gasteiger partial charge in [0.15, 0.2) is 0 Å². The Balaban J connectivity index is 1.84. The van der Waals surface area contributed by atoms with Crippen molar-refractivity contribution in [2.45, 2.75) is 127 Å². The highest BCUT2D eigenvalue weighted by Gasteiger charge is 2.51. The molecule has 0 spiro atoms. The minimum Gasteiger partial charge on any atom is -0.490 e. The van der Waals surface area contributed by atoms with Gasteiger partial charge in [0.2, 0.25) is 0 Å². The van der Waals surface area contributed by atoms with Crippen LogP contribution in [-0.2, 0) is 4.74 Å². The molecule has 0 saturated heterocycles. The van der Waals surface area contributed by atoms with Crippen LogP contribution in [0.1, 0.15) is 104 Å². The fraction of sp³-hybridized carbons (Fsp3) is 0.667. The van der Waals surface area contributed by atoms with E-state index in [9.17, 15) is 0 Å². The molecule has 1 aromatic rings. The van der Waals surface area contributed by atoms with E-state index in [1.165, 1.54) is 75.3 Å². The Morgan fingerprint density at radius 3 is 2.00 bits per heavy atom. The first kappa shape index (κ1) is 25.0. The predicted molar refractivity (Wildman–Crippen MR) is 144 cm³/mol. The summed E-state index contributed by atoms with van der Waals surface area (Å²) in [5, 5.41) is -0.210. The molecule has 0 aromatic heterocycles. The van der Waals surface area contributed by atoms with Crippen molar-refractivity contribution < 1.29 is 9.47 Å². The Morgan fingerprint density at radius 1 is 0.818 bits per heavy atom. The van der Waals surface area contributed by atoms with Crippen LogP contribution in [0.2, 0.25) is 0 Å². The van der Waals surface area contributed by atoms with Gasteiger partial charge in [0.25, 0.3) is 0 Å². The van der Waals surface area contributed by atoms with E-state index in [-0.39, 0.29) is 25.5 Å². The van der Waals surface area contributed by atoms with Crippen LogP contribution in [0, 0.1) is 0 Å². The molecule has 0 aliphatic heterocycles. The summed E-state index contributed by atoms with van der Waals surface area (Å²) in [5.41, 5.74) is 4.28. The van der Waals surface area contributed by atoms with Crippen LogP contribution in [0.15, 0.2) is 42.5 Å². The summed E-state index contributed by atoms with van der Waals surface area (Å²) in [5.74, 6) is 1.01. The normalized spacial score (nSPS) is 25.1. The maximum Gasteiger partial charge on any atom is 0.127 e. The van der Waals surface area contributed by atoms with Crippen LogP contribution in [0.3, 0.4) is 0 Å². The molecule has 182 valence electrons. The van der Waals surface area contributed by atoms with Gasteiger partial charge in [-0.3, -0.25) is 0 Å². The second-order valence-electron chi connectivity index (χ2n) is 10.8. The van der Waals surface area contributed by atoms with E-state index in [0.29, 0.717) is 0 Å². The Labute approximate surface area is 204 Å². The van der Waals surface area contributed by atoms with Crippen LogP contribution in [-0.4, -0.2) is 28.9 Å². The molecule has 3 aliphatic carbocycles. The molecule has 2 fully saturated rings. The van der Waals surface area contributed by atoms with Gasteiger partial charge in [-0.15, -0.1) is 0 Å². The monoisotopic (exact) mass is 468 g/mol. The standard InChI is InChI=1S/C30H45O2P/c1-23(2)31-29-21-12-11-19-27(29)28-20-13-14-22-30(28,32-24(3)4)33(25-15-7-5-8-16-25)26-17-9-6-10-18-26/h11-14,19-21,23-26H,5-10,15-18,22H2,1-4H3. The SMILES string of the molecule is CC(C)Oc1ccccc1C1=CC=CCC1(OC(C)C)P(C1CCCCC1)C1CCCCC1. The Kier molecular flexibility index (Phi) is 8.75. The Bertz CT molecular complexity index is 796. The molecule has 1 atom stereocenters. The van der Waals surface area contributed by atoms with Gasteiger partial charge in [-0.2, -0.15) is 0 Å². The quantitative estimate of drug-likeness (QED) is 0.354. The molecule has 2 saturated carbocycles. The van der Waals surface area contributed by atoms with Crippen LogP contribution in [0.4, 0.5) is 0 Å². The lowest BCUT2D eigenvalue weighted by molar-refractivity contribution is 0.0142. The zero-order valence-electron chi connectivity index (χ0n) is 21.4. The van der Waals surface area contributed by atoms with Crippen molar-refractivity contribution in [2.24, 2.45) is 0 Å². The molecule has 1 aromatic carbocycles. The Hall–Kier alpha value is -1.11. The molecule has 3 heteroatoms. The predicted octanol–water partition coefficient (Wildman–Crippen LogP) is 9.09. The first-order chi connectivity index (χ1) is 16.0. The van der Waals surface area contributed by atoms with E-state index in [0.717, 1.165) is 23.5 Å². The second kappa shape index (κ2) is 11.5. The fourth-order valence-electron chi connectivity index (χ4n) is 6.39. The molecular weight excluding hydrogens is 423 g/mol. The van der Waals surface area contributed by atoms with Crippen molar-refractivity contribution in [1.82, 2.24) is 0 Å². The van der Waals surface area contributed by atoms with Crippen molar-refractivity contribution in [1.29, 1.82) is 0 Å². The van der Waals surface area contributed by atoms with Crippen molar-refractivity contribution in [3.8, 4) is 5.75 Å². The van der Waals surface area contributed by atoms with Crippen molar-refractivity contribution >= 4 is 13.5 Å². The summed E-state index contributed by atoms with van der Waals surface area (Å²) < 4.78 is 13.6. The lowest BCUT2D eigenvalue weighted by Crippen LogP contribution is -2.42. The van der Waals surface area contributed by atoms with Gasteiger partial charge in [-0.1, -0.05) is 82.9 Å². The number of ether oxygens (including phenoxy) is 2. The minimum absolute atomic E-state index is 0.157. The third-order valence-electron chi connectivity index (χ3n) is 7.54. The third kappa shape index (κ3) is 5.76. The van der Waals surface area contributed by atoms with Gasteiger partial charge in [0.05, 0.1) is 12.2 Å². The molecule has 0 bridgehead atoms. The molecule has 0 radical (unpaired) electrons. The zero-order valence-corrected chi connectivity index (χ0v) is 22.3. The number of rotatable bonds is 8. The highest BCUT2D eigenvalue weighted by atomic mass is 31.1. The smallest absolute Gasteiger partial charge is 0.127 e. The number of benzene rings is 1. The molecule has 0 amide bonds. The number of para-hydroxylation sites is 1. The lowest BCUT2D eigenvalue weighted by atomic mass is 9.92. The van der Waals surface area contributed by atoms with Gasteiger partial charge in [-0.05, 0) is 76.3 Å². The number of allylic oxidation sites excluding steroid dienone is 2. The maximum absolute atomic E-state index is 7.23. The molecule has 1 unspecified atom stereocenters. The van der Waals surface area contributed by atoms with Gasteiger partial charge in [-0.25, -0.2) is 0 Å². The van der Waals surface area contributed by atoms with E-state index >= 15 is 0 Å². The third-order valence-corrected chi connectivity index (χ3v) is 11.5. The van der Waals surface area contributed by atoms with E-state index in [2.05, 4.69) is 70.2 Å². The molecule has 0 N–H and O–H groups in total. The summed E-state index contributed by atoms with van der Waals surface area (Å²) in [6, 6.07) is 8.70. The van der Waals surface area contributed by atoms with Crippen LogP contribution >= 0.6 is 7.92 Å². The molecule has 4 rings (SSSR count). The first-order valence-corrected chi connectivity index (χ1v) is 15.1. The average molecular weight is 469 g/mol. The largest absolute Gasteiger partial charge is 0.490 e. The molecule has 3 aliphatic rings. The van der Waals surface area contributed by atoms with Crippen LogP contribution in [0.5, 0.6) is 5.75 Å². The van der Waals surface area contributed by atoms with Gasteiger partial charge in [0.1, 0.15) is 11.1 Å². The summed E-state index contributed by atoms with van der Waals surface area (Å²) in [6.45, 7) is 8.73. The fourth-order valence-corrected chi connectivity index (χ4v) is 11.1. The average Bonchev–Trinajstić information content (AvgIpc) is 2.81. The zero-order chi connectivity index (χ0) is 23.3. The van der Waals surface area contributed by atoms with Gasteiger partial charge in [0, 0.05) is 12.0 Å². The molecular formula is C30H45O2P.